The van der Waals surface area contributed by atoms with E-state index in [0.717, 1.165) is 5.56 Å². The summed E-state index contributed by atoms with van der Waals surface area (Å²) in [4.78, 5) is 26.0. The fourth-order valence-electron chi connectivity index (χ4n) is 2.83. The Hall–Kier alpha value is -2.62. The average molecular weight is 452 g/mol. The summed E-state index contributed by atoms with van der Waals surface area (Å²) in [6, 6.07) is 8.76. The fourth-order valence-corrected chi connectivity index (χ4v) is 3.39. The Morgan fingerprint density at radius 3 is 2.54 bits per heavy atom. The number of carbonyl (C=O) groups is 2. The molecule has 8 nitrogen and oxygen atoms in total. The van der Waals surface area contributed by atoms with E-state index >= 15 is 0 Å². The highest BCUT2D eigenvalue weighted by Crippen LogP contribution is 2.35. The number of aliphatic hydroxyl groups is 1. The highest BCUT2D eigenvalue weighted by molar-refractivity contribution is 9.10. The highest BCUT2D eigenvalue weighted by Gasteiger charge is 2.32. The second-order valence-corrected chi connectivity index (χ2v) is 6.66. The monoisotopic (exact) mass is 451 g/mol. The minimum atomic E-state index is -0.664. The molecule has 3 rings (SSSR count). The third-order valence-electron chi connectivity index (χ3n) is 4.18. The number of furan rings is 1. The fraction of sp³-hybridized carbons (Fsp3) is 0.263. The van der Waals surface area contributed by atoms with Crippen LogP contribution in [-0.2, 0) is 30.4 Å². The summed E-state index contributed by atoms with van der Waals surface area (Å²) in [7, 11) is 2.48. The van der Waals surface area contributed by atoms with Crippen molar-refractivity contribution in [2.75, 3.05) is 32.5 Å². The van der Waals surface area contributed by atoms with E-state index in [9.17, 15) is 9.59 Å². The molecular formula is C19H18BrNO7. The predicted octanol–water partition coefficient (Wildman–Crippen LogP) is 2.60. The van der Waals surface area contributed by atoms with Gasteiger partial charge in [-0.15, -0.1) is 0 Å². The van der Waals surface area contributed by atoms with E-state index < -0.39 is 11.9 Å². The van der Waals surface area contributed by atoms with Gasteiger partial charge in [-0.05, 0) is 46.3 Å². The lowest BCUT2D eigenvalue weighted by Crippen LogP contribution is -2.38. The second-order valence-electron chi connectivity index (χ2n) is 5.80. The summed E-state index contributed by atoms with van der Waals surface area (Å²) in [6.07, 6.45) is 0. The molecule has 1 N–H and O–H groups in total. The van der Waals surface area contributed by atoms with E-state index in [4.69, 9.17) is 23.7 Å². The van der Waals surface area contributed by atoms with Crippen molar-refractivity contribution in [3.05, 3.63) is 51.8 Å². The molecule has 2 heterocycles. The Balaban J connectivity index is 2.02. The zero-order chi connectivity index (χ0) is 20.3. The van der Waals surface area contributed by atoms with Gasteiger partial charge in [0.25, 0.3) is 0 Å². The number of nitrogens with zero attached hydrogens (tertiary/aromatic N) is 1. The van der Waals surface area contributed by atoms with Crippen LogP contribution in [0.1, 0.15) is 5.76 Å². The minimum absolute atomic E-state index is 0.0524. The van der Waals surface area contributed by atoms with Crippen molar-refractivity contribution in [3.63, 3.8) is 0 Å². The number of halogens is 1. The molecule has 1 aliphatic rings. The first-order valence-electron chi connectivity index (χ1n) is 8.24. The number of anilines is 1. The topological polar surface area (TPSA) is 98.4 Å². The molecule has 1 aromatic heterocycles. The highest BCUT2D eigenvalue weighted by atomic mass is 79.9. The molecule has 2 aromatic rings. The van der Waals surface area contributed by atoms with Gasteiger partial charge in [0.1, 0.15) is 30.6 Å². The Labute approximate surface area is 169 Å². The van der Waals surface area contributed by atoms with Crippen LogP contribution in [0.2, 0.25) is 0 Å². The van der Waals surface area contributed by atoms with Crippen molar-refractivity contribution in [3.8, 4) is 11.3 Å². The molecule has 1 aromatic carbocycles. The van der Waals surface area contributed by atoms with Gasteiger partial charge in [0.15, 0.2) is 0 Å². The number of aliphatic hydroxyl groups excluding tert-OH is 1. The van der Waals surface area contributed by atoms with Crippen molar-refractivity contribution >= 4 is 33.6 Å². The van der Waals surface area contributed by atoms with Crippen LogP contribution in [0.5, 0.6) is 0 Å². The second kappa shape index (κ2) is 8.59. The van der Waals surface area contributed by atoms with E-state index in [2.05, 4.69) is 15.9 Å². The summed E-state index contributed by atoms with van der Waals surface area (Å²) in [6.45, 7) is -0.181. The number of esters is 2. The maximum Gasteiger partial charge on any atom is 0.355 e. The van der Waals surface area contributed by atoms with Crippen LogP contribution in [0.3, 0.4) is 0 Å². The SMILES string of the molecule is COC(=O)C1=C(C(=O)OC)N(c2ccc(-c3ccc(CO)o3)c(Br)c2)COC1. The average Bonchev–Trinajstić information content (AvgIpc) is 3.20. The van der Waals surface area contributed by atoms with Crippen molar-refractivity contribution in [1.29, 1.82) is 0 Å². The van der Waals surface area contributed by atoms with Crippen LogP contribution in [0.4, 0.5) is 5.69 Å². The molecule has 0 unspecified atom stereocenters. The maximum atomic E-state index is 12.4. The standard InChI is InChI=1S/C19H18BrNO7/c1-25-18(23)14-9-27-10-21(17(14)19(24)26-2)11-3-5-13(15(20)7-11)16-6-4-12(8-22)28-16/h3-7,22H,8-10H2,1-2H3. The molecule has 0 saturated carbocycles. The molecule has 148 valence electrons. The molecule has 1 aliphatic heterocycles. The number of ether oxygens (including phenoxy) is 3. The van der Waals surface area contributed by atoms with Crippen molar-refractivity contribution in [2.24, 2.45) is 0 Å². The zero-order valence-corrected chi connectivity index (χ0v) is 16.8. The normalized spacial score (nSPS) is 14.2. The smallest absolute Gasteiger partial charge is 0.355 e. The molecule has 0 bridgehead atoms. The number of methoxy groups -OCH3 is 2. The third-order valence-corrected chi connectivity index (χ3v) is 4.84. The summed E-state index contributed by atoms with van der Waals surface area (Å²) >= 11 is 3.50. The Kier molecular flexibility index (Phi) is 6.18. The molecule has 0 radical (unpaired) electrons. The van der Waals surface area contributed by atoms with E-state index in [1.165, 1.54) is 19.1 Å². The molecule has 0 atom stereocenters. The van der Waals surface area contributed by atoms with Crippen LogP contribution in [0.15, 0.2) is 50.5 Å². The van der Waals surface area contributed by atoms with Crippen molar-refractivity contribution in [1.82, 2.24) is 0 Å². The molecule has 0 spiro atoms. The Morgan fingerprint density at radius 1 is 1.18 bits per heavy atom. The predicted molar refractivity (Wildman–Crippen MR) is 102 cm³/mol. The first kappa shape index (κ1) is 20.1. The lowest BCUT2D eigenvalue weighted by atomic mass is 10.1. The van der Waals surface area contributed by atoms with Gasteiger partial charge in [0.05, 0.1) is 26.4 Å². The molecular weight excluding hydrogens is 434 g/mol. The largest absolute Gasteiger partial charge is 0.466 e. The van der Waals surface area contributed by atoms with Crippen LogP contribution in [0, 0.1) is 0 Å². The first-order chi connectivity index (χ1) is 13.5. The van der Waals surface area contributed by atoms with E-state index in [0.29, 0.717) is 21.7 Å². The molecule has 9 heteroatoms. The van der Waals surface area contributed by atoms with E-state index in [-0.39, 0.29) is 31.2 Å². The van der Waals surface area contributed by atoms with Gasteiger partial charge in [-0.2, -0.15) is 0 Å². The lowest BCUT2D eigenvalue weighted by molar-refractivity contribution is -0.140. The quantitative estimate of drug-likeness (QED) is 0.692. The number of hydrogen-bond acceptors (Lipinski definition) is 8. The number of carbonyl (C=O) groups excluding carboxylic acids is 2. The van der Waals surface area contributed by atoms with Crippen LogP contribution < -0.4 is 4.90 Å². The van der Waals surface area contributed by atoms with Gasteiger partial charge < -0.3 is 28.6 Å². The summed E-state index contributed by atoms with van der Waals surface area (Å²) < 4.78 is 21.3. The number of hydrogen-bond donors (Lipinski definition) is 1. The molecule has 0 amide bonds. The number of rotatable bonds is 5. The van der Waals surface area contributed by atoms with Gasteiger partial charge in [0, 0.05) is 15.7 Å². The minimum Gasteiger partial charge on any atom is -0.466 e. The summed E-state index contributed by atoms with van der Waals surface area (Å²) in [5.41, 5.74) is 1.52. The van der Waals surface area contributed by atoms with Crippen LogP contribution >= 0.6 is 15.9 Å². The molecule has 0 saturated heterocycles. The lowest BCUT2D eigenvalue weighted by Gasteiger charge is -2.31. The van der Waals surface area contributed by atoms with Gasteiger partial charge in [0.2, 0.25) is 0 Å². The van der Waals surface area contributed by atoms with E-state index in [1.807, 2.05) is 0 Å². The zero-order valence-electron chi connectivity index (χ0n) is 15.2. The first-order valence-corrected chi connectivity index (χ1v) is 9.04. The Bertz CT molecular complexity index is 934. The van der Waals surface area contributed by atoms with Crippen LogP contribution in [0.25, 0.3) is 11.3 Å². The summed E-state index contributed by atoms with van der Waals surface area (Å²) in [5.74, 6) is -0.291. The van der Waals surface area contributed by atoms with Gasteiger partial charge in [-0.1, -0.05) is 0 Å². The van der Waals surface area contributed by atoms with E-state index in [1.54, 1.807) is 30.3 Å². The Morgan fingerprint density at radius 2 is 1.93 bits per heavy atom. The maximum absolute atomic E-state index is 12.4. The molecule has 28 heavy (non-hydrogen) atoms. The molecule has 0 aliphatic carbocycles. The van der Waals surface area contributed by atoms with Gasteiger partial charge >= 0.3 is 11.9 Å². The van der Waals surface area contributed by atoms with Crippen molar-refractivity contribution < 1.29 is 33.3 Å². The van der Waals surface area contributed by atoms with Gasteiger partial charge in [-0.3, -0.25) is 0 Å². The van der Waals surface area contributed by atoms with Gasteiger partial charge in [-0.25, -0.2) is 9.59 Å². The van der Waals surface area contributed by atoms with Crippen molar-refractivity contribution in [2.45, 2.75) is 6.61 Å². The number of benzene rings is 1. The van der Waals surface area contributed by atoms with Crippen LogP contribution in [-0.4, -0.2) is 44.6 Å². The third kappa shape index (κ3) is 3.82. The molecule has 0 fully saturated rings. The summed E-state index contributed by atoms with van der Waals surface area (Å²) in [5, 5.41) is 9.16.